The standard InChI is InChI=1S/C25H25NO5/c1-18-13-14-22(29-2)21(17-18)26-25(28)24(19-9-5-3-6-10-19)31-23(27)15-16-30-20-11-7-4-8-12-20/h3-14,17,24H,15-16H2,1-2H3,(H,26,28)/t24-/m0/s1. The average Bonchev–Trinajstić information content (AvgIpc) is 2.79. The Labute approximate surface area is 181 Å². The third-order valence-electron chi connectivity index (χ3n) is 4.52. The first-order valence-corrected chi connectivity index (χ1v) is 9.94. The van der Waals surface area contributed by atoms with Crippen molar-refractivity contribution in [2.45, 2.75) is 19.4 Å². The third-order valence-corrected chi connectivity index (χ3v) is 4.52. The number of aryl methyl sites for hydroxylation is 1. The van der Waals surface area contributed by atoms with E-state index in [0.717, 1.165) is 5.56 Å². The molecule has 0 fully saturated rings. The van der Waals surface area contributed by atoms with Gasteiger partial charge in [0, 0.05) is 5.56 Å². The molecule has 3 rings (SSSR count). The number of hydrogen-bond donors (Lipinski definition) is 1. The van der Waals surface area contributed by atoms with Crippen LogP contribution in [0, 0.1) is 6.92 Å². The first kappa shape index (κ1) is 21.9. The van der Waals surface area contributed by atoms with Crippen molar-refractivity contribution in [1.29, 1.82) is 0 Å². The van der Waals surface area contributed by atoms with E-state index in [0.29, 0.717) is 22.7 Å². The minimum Gasteiger partial charge on any atom is -0.495 e. The molecule has 0 aliphatic heterocycles. The minimum absolute atomic E-state index is 0.0132. The van der Waals surface area contributed by atoms with Crippen molar-refractivity contribution in [3.63, 3.8) is 0 Å². The SMILES string of the molecule is COc1ccc(C)cc1NC(=O)[C@@H](OC(=O)CCOc1ccccc1)c1ccccc1. The number of amides is 1. The molecule has 0 aliphatic rings. The number of para-hydroxylation sites is 1. The Hall–Kier alpha value is -3.80. The summed E-state index contributed by atoms with van der Waals surface area (Å²) >= 11 is 0. The molecule has 6 nitrogen and oxygen atoms in total. The van der Waals surface area contributed by atoms with Gasteiger partial charge < -0.3 is 19.5 Å². The Morgan fingerprint density at radius 1 is 0.935 bits per heavy atom. The summed E-state index contributed by atoms with van der Waals surface area (Å²) < 4.78 is 16.4. The molecule has 6 heteroatoms. The molecule has 0 saturated carbocycles. The van der Waals surface area contributed by atoms with Gasteiger partial charge in [0.05, 0.1) is 25.8 Å². The molecule has 160 valence electrons. The summed E-state index contributed by atoms with van der Waals surface area (Å²) in [6, 6.07) is 23.5. The van der Waals surface area contributed by atoms with E-state index in [1.165, 1.54) is 7.11 Å². The normalized spacial score (nSPS) is 11.3. The summed E-state index contributed by atoms with van der Waals surface area (Å²) in [6.45, 7) is 2.06. The predicted octanol–water partition coefficient (Wildman–Crippen LogP) is 4.70. The maximum atomic E-state index is 13.0. The van der Waals surface area contributed by atoms with Crippen molar-refractivity contribution < 1.29 is 23.8 Å². The molecular formula is C25H25NO5. The van der Waals surface area contributed by atoms with Crippen LogP contribution in [0.5, 0.6) is 11.5 Å². The maximum Gasteiger partial charge on any atom is 0.310 e. The zero-order chi connectivity index (χ0) is 22.1. The molecule has 0 aliphatic carbocycles. The van der Waals surface area contributed by atoms with Gasteiger partial charge in [-0.25, -0.2) is 0 Å². The van der Waals surface area contributed by atoms with Crippen LogP contribution in [0.3, 0.4) is 0 Å². The number of benzene rings is 3. The van der Waals surface area contributed by atoms with E-state index in [9.17, 15) is 9.59 Å². The van der Waals surface area contributed by atoms with E-state index in [1.807, 2.05) is 37.3 Å². The van der Waals surface area contributed by atoms with E-state index >= 15 is 0 Å². The van der Waals surface area contributed by atoms with Gasteiger partial charge in [-0.1, -0.05) is 54.6 Å². The number of rotatable bonds is 9. The fourth-order valence-corrected chi connectivity index (χ4v) is 2.98. The fourth-order valence-electron chi connectivity index (χ4n) is 2.98. The first-order valence-electron chi connectivity index (χ1n) is 9.94. The molecule has 0 saturated heterocycles. The molecule has 1 N–H and O–H groups in total. The number of hydrogen-bond acceptors (Lipinski definition) is 5. The van der Waals surface area contributed by atoms with Crippen LogP contribution in [-0.4, -0.2) is 25.6 Å². The molecule has 3 aromatic rings. The molecule has 1 amide bonds. The van der Waals surface area contributed by atoms with E-state index in [2.05, 4.69) is 5.32 Å². The van der Waals surface area contributed by atoms with Gasteiger partial charge >= 0.3 is 5.97 Å². The highest BCUT2D eigenvalue weighted by Gasteiger charge is 2.26. The molecular weight excluding hydrogens is 394 g/mol. The van der Waals surface area contributed by atoms with Gasteiger partial charge in [-0.05, 0) is 36.8 Å². The Balaban J connectivity index is 1.69. The second-order valence-electron chi connectivity index (χ2n) is 6.89. The van der Waals surface area contributed by atoms with Crippen LogP contribution in [0.2, 0.25) is 0 Å². The summed E-state index contributed by atoms with van der Waals surface area (Å²) in [7, 11) is 1.53. The van der Waals surface area contributed by atoms with E-state index in [4.69, 9.17) is 14.2 Å². The van der Waals surface area contributed by atoms with Gasteiger partial charge in [0.15, 0.2) is 0 Å². The topological polar surface area (TPSA) is 73.9 Å². The van der Waals surface area contributed by atoms with Crippen molar-refractivity contribution in [2.75, 3.05) is 19.0 Å². The molecule has 0 radical (unpaired) electrons. The number of carbonyl (C=O) groups is 2. The molecule has 0 bridgehead atoms. The van der Waals surface area contributed by atoms with Crippen LogP contribution in [0.1, 0.15) is 23.7 Å². The molecule has 1 atom stereocenters. The molecule has 0 unspecified atom stereocenters. The van der Waals surface area contributed by atoms with Crippen LogP contribution in [0.15, 0.2) is 78.9 Å². The summed E-state index contributed by atoms with van der Waals surface area (Å²) in [6.07, 6.45) is -1.09. The van der Waals surface area contributed by atoms with Crippen LogP contribution >= 0.6 is 0 Å². The fraction of sp³-hybridized carbons (Fsp3) is 0.200. The molecule has 0 spiro atoms. The van der Waals surface area contributed by atoms with Gasteiger partial charge in [0.25, 0.3) is 5.91 Å². The predicted molar refractivity (Wildman–Crippen MR) is 118 cm³/mol. The first-order chi connectivity index (χ1) is 15.1. The number of nitrogens with one attached hydrogen (secondary N) is 1. The summed E-state index contributed by atoms with van der Waals surface area (Å²) in [5.41, 5.74) is 2.04. The van der Waals surface area contributed by atoms with Gasteiger partial charge in [0.1, 0.15) is 11.5 Å². The maximum absolute atomic E-state index is 13.0. The second-order valence-corrected chi connectivity index (χ2v) is 6.89. The highest BCUT2D eigenvalue weighted by Crippen LogP contribution is 2.28. The smallest absolute Gasteiger partial charge is 0.310 e. The van der Waals surface area contributed by atoms with Crippen LogP contribution in [0.25, 0.3) is 0 Å². The number of carbonyl (C=O) groups excluding carboxylic acids is 2. The highest BCUT2D eigenvalue weighted by molar-refractivity contribution is 5.97. The Bertz CT molecular complexity index is 1000. The Morgan fingerprint density at radius 2 is 1.61 bits per heavy atom. The zero-order valence-electron chi connectivity index (χ0n) is 17.5. The van der Waals surface area contributed by atoms with Crippen molar-refractivity contribution in [2.24, 2.45) is 0 Å². The molecule has 0 heterocycles. The average molecular weight is 419 g/mol. The van der Waals surface area contributed by atoms with Crippen molar-refractivity contribution in [3.05, 3.63) is 90.0 Å². The lowest BCUT2D eigenvalue weighted by Gasteiger charge is -2.19. The monoisotopic (exact) mass is 419 g/mol. The highest BCUT2D eigenvalue weighted by atomic mass is 16.6. The lowest BCUT2D eigenvalue weighted by molar-refractivity contribution is -0.155. The summed E-state index contributed by atoms with van der Waals surface area (Å²) in [5.74, 6) is 0.191. The van der Waals surface area contributed by atoms with Gasteiger partial charge in [-0.2, -0.15) is 0 Å². The third kappa shape index (κ3) is 6.34. The number of ether oxygens (including phenoxy) is 3. The zero-order valence-corrected chi connectivity index (χ0v) is 17.5. The number of esters is 1. The van der Waals surface area contributed by atoms with Gasteiger partial charge in [0.2, 0.25) is 6.10 Å². The van der Waals surface area contributed by atoms with Crippen LogP contribution in [-0.2, 0) is 14.3 Å². The molecule has 3 aromatic carbocycles. The van der Waals surface area contributed by atoms with E-state index < -0.39 is 18.0 Å². The largest absolute Gasteiger partial charge is 0.495 e. The van der Waals surface area contributed by atoms with Gasteiger partial charge in [-0.3, -0.25) is 9.59 Å². The van der Waals surface area contributed by atoms with Crippen molar-refractivity contribution in [3.8, 4) is 11.5 Å². The van der Waals surface area contributed by atoms with Gasteiger partial charge in [-0.15, -0.1) is 0 Å². The number of anilines is 1. The van der Waals surface area contributed by atoms with Crippen molar-refractivity contribution in [1.82, 2.24) is 0 Å². The quantitative estimate of drug-likeness (QED) is 0.509. The Morgan fingerprint density at radius 3 is 2.29 bits per heavy atom. The second kappa shape index (κ2) is 10.8. The Kier molecular flexibility index (Phi) is 7.65. The summed E-state index contributed by atoms with van der Waals surface area (Å²) in [5, 5.41) is 2.82. The van der Waals surface area contributed by atoms with E-state index in [1.54, 1.807) is 48.5 Å². The van der Waals surface area contributed by atoms with Crippen molar-refractivity contribution >= 4 is 17.6 Å². The number of methoxy groups -OCH3 is 1. The van der Waals surface area contributed by atoms with Crippen LogP contribution in [0.4, 0.5) is 5.69 Å². The lowest BCUT2D eigenvalue weighted by Crippen LogP contribution is -2.26. The lowest BCUT2D eigenvalue weighted by atomic mass is 10.1. The van der Waals surface area contributed by atoms with Crippen LogP contribution < -0.4 is 14.8 Å². The molecule has 31 heavy (non-hydrogen) atoms. The van der Waals surface area contributed by atoms with E-state index in [-0.39, 0.29) is 13.0 Å². The minimum atomic E-state index is -1.10. The molecule has 0 aromatic heterocycles. The summed E-state index contributed by atoms with van der Waals surface area (Å²) in [4.78, 5) is 25.5.